The number of anilines is 1. The Balaban J connectivity index is 1.17. The van der Waals surface area contributed by atoms with E-state index in [0.717, 1.165) is 47.5 Å². The number of para-hydroxylation sites is 2. The van der Waals surface area contributed by atoms with Gasteiger partial charge in [-0.15, -0.1) is 4.73 Å². The minimum Gasteiger partial charge on any atom is -0.424 e. The summed E-state index contributed by atoms with van der Waals surface area (Å²) in [6.07, 6.45) is 1.53. The van der Waals surface area contributed by atoms with Gasteiger partial charge in [-0.25, -0.2) is 23.1 Å². The van der Waals surface area contributed by atoms with Crippen molar-refractivity contribution >= 4 is 27.9 Å². The average molecular weight is 535 g/mol. The van der Waals surface area contributed by atoms with Gasteiger partial charge in [0.25, 0.3) is 5.56 Å². The molecule has 0 spiro atoms. The maximum absolute atomic E-state index is 13.7. The number of fused-ring (bicyclic) bond motifs is 2. The van der Waals surface area contributed by atoms with Crippen LogP contribution in [0.25, 0.3) is 21.9 Å². The van der Waals surface area contributed by atoms with E-state index in [0.29, 0.717) is 24.4 Å². The zero-order valence-corrected chi connectivity index (χ0v) is 20.8. The Labute approximate surface area is 220 Å². The van der Waals surface area contributed by atoms with Crippen molar-refractivity contribution in [2.45, 2.75) is 32.0 Å². The first kappa shape index (κ1) is 24.9. The molecule has 2 aromatic heterocycles. The Kier molecular flexibility index (Phi) is 6.43. The Hall–Kier alpha value is -4.38. The summed E-state index contributed by atoms with van der Waals surface area (Å²) in [5, 5.41) is 13.7. The number of nitrogens with one attached hydrogen (secondary N) is 1. The van der Waals surface area contributed by atoms with Gasteiger partial charge in [-0.2, -0.15) is 0 Å². The normalized spacial score (nSPS) is 14.8. The molecular weight excluding hydrogens is 509 g/mol. The molecular formula is C28H25F3N6O2. The number of imidazole rings is 1. The van der Waals surface area contributed by atoms with Crippen LogP contribution in [0.1, 0.15) is 24.2 Å². The third kappa shape index (κ3) is 4.92. The van der Waals surface area contributed by atoms with Gasteiger partial charge < -0.3 is 15.1 Å². The molecule has 2 N–H and O–H groups in total. The standard InChI is InChI=1S/C28H25F3N6O2/c29-18-7-5-17(6-8-18)15-36-25-4-2-1-3-23(25)34-28(36)32-19-9-11-35(12-10-19)16-26-33-24-14-22(31)21(30)13-20(24)27(38)37(26)39/h1-8,13-14,19,39H,9-12,15-16H2,(H,32,34). The van der Waals surface area contributed by atoms with E-state index in [1.165, 1.54) is 12.1 Å². The second-order valence-corrected chi connectivity index (χ2v) is 9.76. The average Bonchev–Trinajstić information content (AvgIpc) is 3.27. The highest BCUT2D eigenvalue weighted by molar-refractivity contribution is 5.79. The van der Waals surface area contributed by atoms with E-state index >= 15 is 0 Å². The second kappa shape index (κ2) is 10.1. The van der Waals surface area contributed by atoms with Crippen LogP contribution in [-0.4, -0.2) is 48.5 Å². The molecule has 8 nitrogen and oxygen atoms in total. The maximum Gasteiger partial charge on any atom is 0.294 e. The fourth-order valence-electron chi connectivity index (χ4n) is 5.06. The van der Waals surface area contributed by atoms with Crippen molar-refractivity contribution in [3.05, 3.63) is 99.9 Å². The fourth-order valence-corrected chi connectivity index (χ4v) is 5.06. The SMILES string of the molecule is O=c1c2cc(F)c(F)cc2nc(CN2CCC(Nc3nc4ccccc4n3Cc3ccc(F)cc3)CC2)n1O. The summed E-state index contributed by atoms with van der Waals surface area (Å²) in [5.74, 6) is -1.76. The van der Waals surface area contributed by atoms with Crippen LogP contribution in [0, 0.1) is 17.5 Å². The summed E-state index contributed by atoms with van der Waals surface area (Å²) in [6, 6.07) is 16.0. The number of hydrogen-bond donors (Lipinski definition) is 2. The number of nitrogens with zero attached hydrogens (tertiary/aromatic N) is 5. The van der Waals surface area contributed by atoms with E-state index in [1.807, 2.05) is 29.2 Å². The summed E-state index contributed by atoms with van der Waals surface area (Å²) < 4.78 is 43.2. The Morgan fingerprint density at radius 3 is 2.38 bits per heavy atom. The van der Waals surface area contributed by atoms with Crippen molar-refractivity contribution in [1.82, 2.24) is 24.2 Å². The molecule has 3 aromatic carbocycles. The molecule has 0 amide bonds. The summed E-state index contributed by atoms with van der Waals surface area (Å²) in [5.41, 5.74) is 1.94. The number of hydrogen-bond acceptors (Lipinski definition) is 6. The zero-order valence-electron chi connectivity index (χ0n) is 20.8. The molecule has 0 bridgehead atoms. The van der Waals surface area contributed by atoms with Crippen LogP contribution in [0.3, 0.4) is 0 Å². The number of halogens is 3. The molecule has 1 aliphatic rings. The summed E-state index contributed by atoms with van der Waals surface area (Å²) in [6.45, 7) is 2.02. The lowest BCUT2D eigenvalue weighted by Crippen LogP contribution is -2.40. The topological polar surface area (TPSA) is 88.2 Å². The van der Waals surface area contributed by atoms with Gasteiger partial charge in [0.1, 0.15) is 5.82 Å². The predicted molar refractivity (Wildman–Crippen MR) is 140 cm³/mol. The third-order valence-electron chi connectivity index (χ3n) is 7.15. The molecule has 3 heterocycles. The Bertz CT molecular complexity index is 1730. The van der Waals surface area contributed by atoms with Gasteiger partial charge in [-0.1, -0.05) is 24.3 Å². The van der Waals surface area contributed by atoms with E-state index in [1.54, 1.807) is 12.1 Å². The molecule has 0 atom stereocenters. The monoisotopic (exact) mass is 534 g/mol. The lowest BCUT2D eigenvalue weighted by Gasteiger charge is -2.32. The summed E-state index contributed by atoms with van der Waals surface area (Å²) >= 11 is 0. The largest absolute Gasteiger partial charge is 0.424 e. The van der Waals surface area contributed by atoms with E-state index in [2.05, 4.69) is 14.9 Å². The van der Waals surface area contributed by atoms with Gasteiger partial charge in [0.2, 0.25) is 5.95 Å². The molecule has 6 rings (SSSR count). The molecule has 0 unspecified atom stereocenters. The second-order valence-electron chi connectivity index (χ2n) is 9.76. The maximum atomic E-state index is 13.7. The summed E-state index contributed by atoms with van der Waals surface area (Å²) in [4.78, 5) is 23.5. The molecule has 1 aliphatic heterocycles. The van der Waals surface area contributed by atoms with Crippen LogP contribution in [0.2, 0.25) is 0 Å². The van der Waals surface area contributed by atoms with Gasteiger partial charge in [0.05, 0.1) is 35.0 Å². The van der Waals surface area contributed by atoms with E-state index < -0.39 is 17.2 Å². The molecule has 11 heteroatoms. The molecule has 0 saturated carbocycles. The molecule has 200 valence electrons. The quantitative estimate of drug-likeness (QED) is 0.312. The first-order valence-corrected chi connectivity index (χ1v) is 12.6. The van der Waals surface area contributed by atoms with Crippen LogP contribution in [0.15, 0.2) is 65.5 Å². The van der Waals surface area contributed by atoms with Crippen LogP contribution in [-0.2, 0) is 13.1 Å². The van der Waals surface area contributed by atoms with Gasteiger partial charge >= 0.3 is 0 Å². The number of likely N-dealkylation sites (tertiary alicyclic amines) is 1. The van der Waals surface area contributed by atoms with Crippen molar-refractivity contribution in [2.75, 3.05) is 18.4 Å². The van der Waals surface area contributed by atoms with Crippen molar-refractivity contribution < 1.29 is 18.4 Å². The minimum absolute atomic E-state index is 0.00388. The number of aromatic nitrogens is 4. The van der Waals surface area contributed by atoms with Crippen LogP contribution in [0.5, 0.6) is 0 Å². The number of benzene rings is 3. The smallest absolute Gasteiger partial charge is 0.294 e. The van der Waals surface area contributed by atoms with Crippen molar-refractivity contribution in [3.8, 4) is 0 Å². The highest BCUT2D eigenvalue weighted by Gasteiger charge is 2.23. The van der Waals surface area contributed by atoms with Gasteiger partial charge in [-0.3, -0.25) is 9.69 Å². The van der Waals surface area contributed by atoms with E-state index in [9.17, 15) is 23.2 Å². The number of rotatable bonds is 6. The predicted octanol–water partition coefficient (Wildman–Crippen LogP) is 4.53. The highest BCUT2D eigenvalue weighted by atomic mass is 19.2. The van der Waals surface area contributed by atoms with E-state index in [4.69, 9.17) is 4.98 Å². The first-order valence-electron chi connectivity index (χ1n) is 12.6. The fraction of sp³-hybridized carbons (Fsp3) is 0.250. The lowest BCUT2D eigenvalue weighted by molar-refractivity contribution is 0.136. The lowest BCUT2D eigenvalue weighted by atomic mass is 10.1. The molecule has 39 heavy (non-hydrogen) atoms. The van der Waals surface area contributed by atoms with Crippen molar-refractivity contribution in [2.24, 2.45) is 0 Å². The van der Waals surface area contributed by atoms with Crippen LogP contribution < -0.4 is 10.9 Å². The van der Waals surface area contributed by atoms with Crippen molar-refractivity contribution in [1.29, 1.82) is 0 Å². The zero-order chi connectivity index (χ0) is 27.1. The molecule has 5 aromatic rings. The van der Waals surface area contributed by atoms with E-state index in [-0.39, 0.29) is 35.1 Å². The van der Waals surface area contributed by atoms with Crippen LogP contribution >= 0.6 is 0 Å². The summed E-state index contributed by atoms with van der Waals surface area (Å²) in [7, 11) is 0. The first-order chi connectivity index (χ1) is 18.9. The molecule has 1 saturated heterocycles. The Morgan fingerprint density at radius 1 is 0.897 bits per heavy atom. The van der Waals surface area contributed by atoms with Gasteiger partial charge in [0.15, 0.2) is 17.5 Å². The van der Waals surface area contributed by atoms with Crippen molar-refractivity contribution in [3.63, 3.8) is 0 Å². The molecule has 0 aliphatic carbocycles. The van der Waals surface area contributed by atoms with Crippen LogP contribution in [0.4, 0.5) is 19.1 Å². The molecule has 0 radical (unpaired) electrons. The third-order valence-corrected chi connectivity index (χ3v) is 7.15. The molecule has 1 fully saturated rings. The Morgan fingerprint density at radius 2 is 1.62 bits per heavy atom. The highest BCUT2D eigenvalue weighted by Crippen LogP contribution is 2.24. The minimum atomic E-state index is -1.17. The van der Waals surface area contributed by atoms with Gasteiger partial charge in [-0.05, 0) is 48.7 Å². The van der Waals surface area contributed by atoms with Gasteiger partial charge in [0, 0.05) is 25.2 Å². The number of piperidine rings is 1.